The van der Waals surface area contributed by atoms with Crippen molar-refractivity contribution >= 4 is 11.6 Å². The third-order valence-electron chi connectivity index (χ3n) is 3.39. The molecule has 0 spiro atoms. The number of anilines is 1. The number of amides is 1. The summed E-state index contributed by atoms with van der Waals surface area (Å²) in [5, 5.41) is 12.0. The molecular weight excluding hydrogens is 214 g/mol. The maximum absolute atomic E-state index is 11.9. The summed E-state index contributed by atoms with van der Waals surface area (Å²) in [7, 11) is 0. The average molecular weight is 233 g/mol. The minimum atomic E-state index is -0.498. The molecule has 1 aromatic rings. The molecule has 1 aliphatic carbocycles. The van der Waals surface area contributed by atoms with Gasteiger partial charge in [-0.05, 0) is 37.0 Å². The Morgan fingerprint density at radius 1 is 1.35 bits per heavy atom. The number of carbonyl (C=O) groups excluding carboxylic acids is 1. The molecule has 2 N–H and O–H groups in total. The first-order chi connectivity index (χ1) is 8.20. The summed E-state index contributed by atoms with van der Waals surface area (Å²) >= 11 is 0. The first-order valence-corrected chi connectivity index (χ1v) is 6.21. The van der Waals surface area contributed by atoms with Gasteiger partial charge in [0.2, 0.25) is 5.91 Å². The highest BCUT2D eigenvalue weighted by atomic mass is 16.3. The molecule has 17 heavy (non-hydrogen) atoms. The quantitative estimate of drug-likeness (QED) is 0.820. The maximum Gasteiger partial charge on any atom is 0.232 e. The Kier molecular flexibility index (Phi) is 3.48. The van der Waals surface area contributed by atoms with Gasteiger partial charge >= 0.3 is 0 Å². The molecule has 2 rings (SSSR count). The van der Waals surface area contributed by atoms with E-state index in [-0.39, 0.29) is 12.5 Å². The van der Waals surface area contributed by atoms with Gasteiger partial charge in [-0.1, -0.05) is 25.5 Å². The highest BCUT2D eigenvalue weighted by Crippen LogP contribution is 2.45. The normalized spacial score (nSPS) is 16.6. The fraction of sp³-hybridized carbons (Fsp3) is 0.500. The van der Waals surface area contributed by atoms with Crippen LogP contribution in [0.4, 0.5) is 5.69 Å². The predicted molar refractivity (Wildman–Crippen MR) is 67.8 cm³/mol. The summed E-state index contributed by atoms with van der Waals surface area (Å²) in [6, 6.07) is 7.93. The Balaban J connectivity index is 1.97. The Bertz CT molecular complexity index is 393. The monoisotopic (exact) mass is 233 g/mol. The van der Waals surface area contributed by atoms with Crippen LogP contribution < -0.4 is 5.32 Å². The average Bonchev–Trinajstić information content (AvgIpc) is 3.13. The minimum absolute atomic E-state index is 0.0489. The highest BCUT2D eigenvalue weighted by Gasteiger charge is 2.49. The van der Waals surface area contributed by atoms with Gasteiger partial charge in [0.15, 0.2) is 0 Å². The third kappa shape index (κ3) is 2.67. The van der Waals surface area contributed by atoms with E-state index in [1.54, 1.807) is 0 Å². The Labute approximate surface area is 102 Å². The van der Waals surface area contributed by atoms with E-state index in [9.17, 15) is 4.79 Å². The van der Waals surface area contributed by atoms with Gasteiger partial charge in [-0.25, -0.2) is 0 Å². The zero-order valence-corrected chi connectivity index (χ0v) is 10.2. The zero-order valence-electron chi connectivity index (χ0n) is 10.2. The number of hydrogen-bond acceptors (Lipinski definition) is 2. The summed E-state index contributed by atoms with van der Waals surface area (Å²) in [5.74, 6) is -0.0526. The number of rotatable bonds is 5. The molecule has 0 heterocycles. The van der Waals surface area contributed by atoms with Crippen LogP contribution in [0.5, 0.6) is 0 Å². The van der Waals surface area contributed by atoms with Crippen LogP contribution in [0.1, 0.15) is 31.7 Å². The topological polar surface area (TPSA) is 49.3 Å². The van der Waals surface area contributed by atoms with E-state index in [0.717, 1.165) is 31.4 Å². The van der Waals surface area contributed by atoms with Gasteiger partial charge < -0.3 is 10.4 Å². The molecule has 0 aliphatic heterocycles. The summed E-state index contributed by atoms with van der Waals surface area (Å²) in [5.41, 5.74) is 1.60. The smallest absolute Gasteiger partial charge is 0.232 e. The number of carbonyl (C=O) groups is 1. The van der Waals surface area contributed by atoms with Crippen molar-refractivity contribution in [2.45, 2.75) is 32.6 Å². The largest absolute Gasteiger partial charge is 0.395 e. The lowest BCUT2D eigenvalue weighted by atomic mass is 10.1. The predicted octanol–water partition coefficient (Wildman–Crippen LogP) is 2.35. The molecular formula is C14H19NO2. The standard InChI is InChI=1S/C14H19NO2/c1-2-3-11-4-6-12(7-5-11)15-13(17)14(10-16)8-9-14/h4-7,16H,2-3,8-10H2,1H3,(H,15,17). The van der Waals surface area contributed by atoms with Crippen LogP contribution in [0.25, 0.3) is 0 Å². The summed E-state index contributed by atoms with van der Waals surface area (Å²) in [4.78, 5) is 11.9. The van der Waals surface area contributed by atoms with Gasteiger partial charge in [-0.3, -0.25) is 4.79 Å². The molecule has 0 aromatic heterocycles. The SMILES string of the molecule is CCCc1ccc(NC(=O)C2(CO)CC2)cc1. The molecule has 0 radical (unpaired) electrons. The molecule has 3 heteroatoms. The first-order valence-electron chi connectivity index (χ1n) is 6.21. The fourth-order valence-electron chi connectivity index (χ4n) is 1.91. The molecule has 1 fully saturated rings. The molecule has 1 aliphatic rings. The van der Waals surface area contributed by atoms with Crippen LogP contribution in [0, 0.1) is 5.41 Å². The van der Waals surface area contributed by atoms with Crippen LogP contribution >= 0.6 is 0 Å². The lowest BCUT2D eigenvalue weighted by Gasteiger charge is -2.12. The van der Waals surface area contributed by atoms with Crippen LogP contribution in [0.15, 0.2) is 24.3 Å². The van der Waals surface area contributed by atoms with Crippen molar-refractivity contribution in [1.82, 2.24) is 0 Å². The van der Waals surface area contributed by atoms with Crippen LogP contribution in [-0.4, -0.2) is 17.6 Å². The van der Waals surface area contributed by atoms with Gasteiger partial charge in [-0.2, -0.15) is 0 Å². The molecule has 0 bridgehead atoms. The van der Waals surface area contributed by atoms with E-state index in [2.05, 4.69) is 12.2 Å². The molecule has 92 valence electrons. The van der Waals surface area contributed by atoms with E-state index in [0.29, 0.717) is 0 Å². The van der Waals surface area contributed by atoms with Gasteiger partial charge in [-0.15, -0.1) is 0 Å². The lowest BCUT2D eigenvalue weighted by Crippen LogP contribution is -2.27. The van der Waals surface area contributed by atoms with Crippen molar-refractivity contribution in [3.8, 4) is 0 Å². The number of nitrogens with one attached hydrogen (secondary N) is 1. The number of aliphatic hydroxyl groups excluding tert-OH is 1. The van der Waals surface area contributed by atoms with Crippen LogP contribution in [0.2, 0.25) is 0 Å². The molecule has 0 saturated heterocycles. The molecule has 0 atom stereocenters. The third-order valence-corrected chi connectivity index (χ3v) is 3.39. The summed E-state index contributed by atoms with van der Waals surface area (Å²) < 4.78 is 0. The van der Waals surface area contributed by atoms with Crippen molar-refractivity contribution in [1.29, 1.82) is 0 Å². The van der Waals surface area contributed by atoms with E-state index in [1.807, 2.05) is 24.3 Å². The Hall–Kier alpha value is -1.35. The minimum Gasteiger partial charge on any atom is -0.395 e. The zero-order chi connectivity index (χ0) is 12.3. The molecule has 1 aromatic carbocycles. The Morgan fingerprint density at radius 3 is 2.47 bits per heavy atom. The molecule has 3 nitrogen and oxygen atoms in total. The second kappa shape index (κ2) is 4.88. The highest BCUT2D eigenvalue weighted by molar-refractivity contribution is 5.97. The summed E-state index contributed by atoms with van der Waals surface area (Å²) in [6.07, 6.45) is 3.78. The molecule has 1 saturated carbocycles. The second-order valence-corrected chi connectivity index (χ2v) is 4.84. The first kappa shape index (κ1) is 12.1. The van der Waals surface area contributed by atoms with Crippen LogP contribution in [0.3, 0.4) is 0 Å². The van der Waals surface area contributed by atoms with Gasteiger partial charge in [0.1, 0.15) is 0 Å². The van der Waals surface area contributed by atoms with Crippen molar-refractivity contribution in [2.75, 3.05) is 11.9 Å². The van der Waals surface area contributed by atoms with E-state index < -0.39 is 5.41 Å². The van der Waals surface area contributed by atoms with E-state index in [4.69, 9.17) is 5.11 Å². The fourth-order valence-corrected chi connectivity index (χ4v) is 1.91. The number of aliphatic hydroxyl groups is 1. The van der Waals surface area contributed by atoms with Gasteiger partial charge in [0.25, 0.3) is 0 Å². The van der Waals surface area contributed by atoms with Gasteiger partial charge in [0, 0.05) is 5.69 Å². The summed E-state index contributed by atoms with van der Waals surface area (Å²) in [6.45, 7) is 2.10. The van der Waals surface area contributed by atoms with Gasteiger partial charge in [0.05, 0.1) is 12.0 Å². The maximum atomic E-state index is 11.9. The number of hydrogen-bond donors (Lipinski definition) is 2. The lowest BCUT2D eigenvalue weighted by molar-refractivity contribution is -0.122. The van der Waals surface area contributed by atoms with Crippen molar-refractivity contribution < 1.29 is 9.90 Å². The van der Waals surface area contributed by atoms with Crippen LogP contribution in [-0.2, 0) is 11.2 Å². The van der Waals surface area contributed by atoms with E-state index >= 15 is 0 Å². The second-order valence-electron chi connectivity index (χ2n) is 4.84. The number of aryl methyl sites for hydroxylation is 1. The molecule has 1 amide bonds. The number of benzene rings is 1. The van der Waals surface area contributed by atoms with Crippen molar-refractivity contribution in [3.05, 3.63) is 29.8 Å². The Morgan fingerprint density at radius 2 is 2.00 bits per heavy atom. The van der Waals surface area contributed by atoms with Crippen molar-refractivity contribution in [3.63, 3.8) is 0 Å². The van der Waals surface area contributed by atoms with E-state index in [1.165, 1.54) is 5.56 Å². The van der Waals surface area contributed by atoms with Crippen molar-refractivity contribution in [2.24, 2.45) is 5.41 Å². The molecule has 0 unspecified atom stereocenters.